The Hall–Kier alpha value is -1.76. The van der Waals surface area contributed by atoms with Crippen molar-refractivity contribution < 1.29 is 17.9 Å². The monoisotopic (exact) mass is 328 g/mol. The van der Waals surface area contributed by atoms with Crippen LogP contribution in [0.5, 0.6) is 0 Å². The first-order valence-electron chi connectivity index (χ1n) is 6.99. The Bertz CT molecular complexity index is 603. The van der Waals surface area contributed by atoms with Crippen molar-refractivity contribution in [2.24, 2.45) is 0 Å². The summed E-state index contributed by atoms with van der Waals surface area (Å²) in [5.74, 6) is 0.0604. The van der Waals surface area contributed by atoms with E-state index in [-0.39, 0.29) is 11.8 Å². The van der Waals surface area contributed by atoms with Crippen molar-refractivity contribution in [2.75, 3.05) is 22.6 Å². The van der Waals surface area contributed by atoms with Gasteiger partial charge in [-0.25, -0.2) is 13.2 Å². The lowest BCUT2D eigenvalue weighted by Gasteiger charge is -2.20. The quantitative estimate of drug-likeness (QED) is 0.868. The Morgan fingerprint density at radius 1 is 1.18 bits per heavy atom. The molecular weight excluding hydrogens is 304 g/mol. The fourth-order valence-corrected chi connectivity index (χ4v) is 2.84. The predicted octanol–water partition coefficient (Wildman–Crippen LogP) is 2.88. The van der Waals surface area contributed by atoms with Crippen molar-refractivity contribution in [2.45, 2.75) is 39.3 Å². The summed E-state index contributed by atoms with van der Waals surface area (Å²) in [7, 11) is -3.02. The number of rotatable bonds is 5. The average molecular weight is 328 g/mol. The van der Waals surface area contributed by atoms with Crippen LogP contribution in [0.1, 0.15) is 27.7 Å². The Morgan fingerprint density at radius 3 is 2.14 bits per heavy atom. The molecule has 0 bridgehead atoms. The summed E-state index contributed by atoms with van der Waals surface area (Å²) in [6.07, 6.45) is 0.692. The molecule has 2 N–H and O–H groups in total. The number of amides is 1. The van der Waals surface area contributed by atoms with Gasteiger partial charge in [0.15, 0.2) is 0 Å². The number of carbonyl (C=O) groups excluding carboxylic acids is 1. The lowest BCUT2D eigenvalue weighted by molar-refractivity contribution is 0.0636. The molecule has 0 fully saturated rings. The molecule has 1 rings (SSSR count). The van der Waals surface area contributed by atoms with Gasteiger partial charge in [-0.2, -0.15) is 0 Å². The second kappa shape index (κ2) is 7.00. The Morgan fingerprint density at radius 2 is 1.68 bits per heavy atom. The molecule has 1 aromatic rings. The number of sulfone groups is 1. The smallest absolute Gasteiger partial charge is 0.412 e. The molecule has 1 amide bonds. The van der Waals surface area contributed by atoms with Gasteiger partial charge >= 0.3 is 6.09 Å². The molecule has 0 radical (unpaired) electrons. The van der Waals surface area contributed by atoms with Crippen LogP contribution >= 0.6 is 0 Å². The van der Waals surface area contributed by atoms with Crippen molar-refractivity contribution in [3.63, 3.8) is 0 Å². The number of benzene rings is 1. The lowest BCUT2D eigenvalue weighted by atomic mass is 10.2. The number of hydrogen-bond acceptors (Lipinski definition) is 5. The molecule has 0 aliphatic rings. The molecule has 6 nitrogen and oxygen atoms in total. The highest BCUT2D eigenvalue weighted by Gasteiger charge is 2.16. The van der Waals surface area contributed by atoms with E-state index in [1.54, 1.807) is 52.0 Å². The molecule has 1 aromatic carbocycles. The number of ether oxygens (including phenoxy) is 1. The largest absolute Gasteiger partial charge is 0.444 e. The fourth-order valence-electron chi connectivity index (χ4n) is 1.85. The minimum absolute atomic E-state index is 0.0604. The molecule has 0 aliphatic heterocycles. The van der Waals surface area contributed by atoms with E-state index in [1.807, 2.05) is 0 Å². The number of carbonyl (C=O) groups is 1. The molecule has 0 heterocycles. The van der Waals surface area contributed by atoms with Crippen molar-refractivity contribution >= 4 is 27.3 Å². The maximum atomic E-state index is 11.6. The molecule has 0 aliphatic carbocycles. The molecular formula is C15H24N2O4S. The predicted molar refractivity (Wildman–Crippen MR) is 89.1 cm³/mol. The van der Waals surface area contributed by atoms with Crippen molar-refractivity contribution in [1.29, 1.82) is 0 Å². The van der Waals surface area contributed by atoms with Gasteiger partial charge in [-0.05, 0) is 52.0 Å². The SMILES string of the molecule is CC(CS(C)(=O)=O)Nc1ccc(NC(=O)OC(C)(C)C)cc1. The Labute approximate surface area is 132 Å². The second-order valence-electron chi connectivity index (χ2n) is 6.34. The fraction of sp³-hybridized carbons (Fsp3) is 0.533. The molecule has 124 valence electrons. The normalized spacial score (nSPS) is 13.3. The van der Waals surface area contributed by atoms with Crippen LogP contribution in [0.25, 0.3) is 0 Å². The van der Waals surface area contributed by atoms with E-state index in [4.69, 9.17) is 4.74 Å². The maximum Gasteiger partial charge on any atom is 0.412 e. The van der Waals surface area contributed by atoms with Gasteiger partial charge in [-0.1, -0.05) is 0 Å². The van der Waals surface area contributed by atoms with Gasteiger partial charge in [0.2, 0.25) is 0 Å². The van der Waals surface area contributed by atoms with Gasteiger partial charge < -0.3 is 10.1 Å². The van der Waals surface area contributed by atoms with Crippen molar-refractivity contribution in [3.8, 4) is 0 Å². The third-order valence-electron chi connectivity index (χ3n) is 2.50. The number of hydrogen-bond donors (Lipinski definition) is 2. The van der Waals surface area contributed by atoms with Gasteiger partial charge in [-0.3, -0.25) is 5.32 Å². The average Bonchev–Trinajstić information content (AvgIpc) is 2.26. The summed E-state index contributed by atoms with van der Waals surface area (Å²) >= 11 is 0. The van der Waals surface area contributed by atoms with Crippen molar-refractivity contribution in [1.82, 2.24) is 0 Å². The molecule has 7 heteroatoms. The lowest BCUT2D eigenvalue weighted by Crippen LogP contribution is -2.27. The number of anilines is 2. The molecule has 0 saturated heterocycles. The summed E-state index contributed by atoms with van der Waals surface area (Å²) in [5.41, 5.74) is 0.841. The van der Waals surface area contributed by atoms with Crippen molar-refractivity contribution in [3.05, 3.63) is 24.3 Å². The van der Waals surface area contributed by atoms with E-state index in [0.29, 0.717) is 5.69 Å². The molecule has 1 atom stereocenters. The van der Waals surface area contributed by atoms with Gasteiger partial charge in [0.25, 0.3) is 0 Å². The van der Waals surface area contributed by atoms with Crippen LogP contribution in [-0.4, -0.2) is 38.2 Å². The standard InChI is InChI=1S/C15H24N2O4S/c1-11(10-22(5,19)20)16-12-6-8-13(9-7-12)17-14(18)21-15(2,3)4/h6-9,11,16H,10H2,1-5H3,(H,17,18). The summed E-state index contributed by atoms with van der Waals surface area (Å²) < 4.78 is 27.6. The summed E-state index contributed by atoms with van der Waals surface area (Å²) in [6.45, 7) is 7.18. The zero-order valence-electron chi connectivity index (χ0n) is 13.6. The zero-order valence-corrected chi connectivity index (χ0v) is 14.5. The van der Waals surface area contributed by atoms with E-state index < -0.39 is 21.5 Å². The Balaban J connectivity index is 2.58. The minimum Gasteiger partial charge on any atom is -0.444 e. The van der Waals surface area contributed by atoms with Gasteiger partial charge in [0.05, 0.1) is 5.75 Å². The molecule has 0 aromatic heterocycles. The highest BCUT2D eigenvalue weighted by Crippen LogP contribution is 2.16. The zero-order chi connectivity index (χ0) is 17.0. The molecule has 22 heavy (non-hydrogen) atoms. The second-order valence-corrected chi connectivity index (χ2v) is 8.53. The van der Waals surface area contributed by atoms with Gasteiger partial charge in [-0.15, -0.1) is 0 Å². The van der Waals surface area contributed by atoms with Gasteiger partial charge in [0, 0.05) is 23.7 Å². The minimum atomic E-state index is -3.02. The van der Waals surface area contributed by atoms with Gasteiger partial charge in [0.1, 0.15) is 15.4 Å². The van der Waals surface area contributed by atoms with Crippen LogP contribution in [0, 0.1) is 0 Å². The summed E-state index contributed by atoms with van der Waals surface area (Å²) in [6, 6.07) is 6.79. The first-order valence-corrected chi connectivity index (χ1v) is 9.05. The molecule has 0 spiro atoms. The van der Waals surface area contributed by atoms with Crippen LogP contribution in [-0.2, 0) is 14.6 Å². The third-order valence-corrected chi connectivity index (χ3v) is 3.60. The van der Waals surface area contributed by atoms with E-state index in [1.165, 1.54) is 6.26 Å². The molecule has 1 unspecified atom stereocenters. The first-order chi connectivity index (χ1) is 9.94. The first kappa shape index (κ1) is 18.3. The highest BCUT2D eigenvalue weighted by molar-refractivity contribution is 7.90. The van der Waals surface area contributed by atoms with Crippen LogP contribution in [0.15, 0.2) is 24.3 Å². The van der Waals surface area contributed by atoms with E-state index in [9.17, 15) is 13.2 Å². The van der Waals surface area contributed by atoms with E-state index in [2.05, 4.69) is 10.6 Å². The molecule has 0 saturated carbocycles. The van der Waals surface area contributed by atoms with Crippen LogP contribution in [0.3, 0.4) is 0 Å². The summed E-state index contributed by atoms with van der Waals surface area (Å²) in [4.78, 5) is 11.6. The Kier molecular flexibility index (Phi) is 5.82. The van der Waals surface area contributed by atoms with E-state index in [0.717, 1.165) is 5.69 Å². The van der Waals surface area contributed by atoms with Crippen LogP contribution in [0.2, 0.25) is 0 Å². The maximum absolute atomic E-state index is 11.6. The van der Waals surface area contributed by atoms with E-state index >= 15 is 0 Å². The summed E-state index contributed by atoms with van der Waals surface area (Å²) in [5, 5.41) is 5.73. The van der Waals surface area contributed by atoms with Crippen LogP contribution < -0.4 is 10.6 Å². The topological polar surface area (TPSA) is 84.5 Å². The van der Waals surface area contributed by atoms with Crippen LogP contribution in [0.4, 0.5) is 16.2 Å². The third kappa shape index (κ3) is 7.87. The number of nitrogens with one attached hydrogen (secondary N) is 2. The highest BCUT2D eigenvalue weighted by atomic mass is 32.2.